The predicted molar refractivity (Wildman–Crippen MR) is 104 cm³/mol. The molecule has 0 fully saturated rings. The van der Waals surface area contributed by atoms with Gasteiger partial charge in [0.25, 0.3) is 0 Å². The summed E-state index contributed by atoms with van der Waals surface area (Å²) in [5, 5.41) is 0. The summed E-state index contributed by atoms with van der Waals surface area (Å²) < 4.78 is 1.16. The number of allylic oxidation sites excluding steroid dienone is 11. The van der Waals surface area contributed by atoms with Crippen LogP contribution in [-0.2, 0) is 0 Å². The molecule has 0 aliphatic heterocycles. The molecule has 0 saturated carbocycles. The van der Waals surface area contributed by atoms with E-state index in [4.69, 9.17) is 0 Å². The first kappa shape index (κ1) is 19.0. The Morgan fingerprint density at radius 1 is 1.23 bits per heavy atom. The molecule has 0 aromatic rings. The average molecular weight is 361 g/mol. The van der Waals surface area contributed by atoms with Gasteiger partial charge in [-0.25, -0.2) is 0 Å². The van der Waals surface area contributed by atoms with Crippen molar-refractivity contribution < 1.29 is 0 Å². The van der Waals surface area contributed by atoms with E-state index in [-0.39, 0.29) is 0 Å². The van der Waals surface area contributed by atoms with Crippen LogP contribution in [0.2, 0.25) is 0 Å². The van der Waals surface area contributed by atoms with Crippen LogP contribution in [-0.4, -0.2) is 0 Å². The van der Waals surface area contributed by atoms with Gasteiger partial charge < -0.3 is 0 Å². The standard InChI is InChI=1S/C21H29Br/c1-6-18(14-13-17(5)22)15-21(16(3)4)20(7-2)19-11-9-8-10-12-19/h8-9,11,13-14H,3,6-7,10,12,15H2,1-2,4-5H3/b17-13+,18-14+,21-20-. The topological polar surface area (TPSA) is 0 Å². The Balaban J connectivity index is 3.19. The number of hydrogen-bond donors (Lipinski definition) is 0. The fraction of sp³-hybridized carbons (Fsp3) is 0.429. The summed E-state index contributed by atoms with van der Waals surface area (Å²) >= 11 is 3.50. The van der Waals surface area contributed by atoms with E-state index in [9.17, 15) is 0 Å². The molecule has 1 heteroatoms. The largest absolute Gasteiger partial charge is 0.0958 e. The molecule has 0 nitrogen and oxygen atoms in total. The lowest BCUT2D eigenvalue weighted by Crippen LogP contribution is -2.00. The molecular formula is C21H29Br. The Labute approximate surface area is 145 Å². The molecule has 22 heavy (non-hydrogen) atoms. The second kappa shape index (κ2) is 9.84. The van der Waals surface area contributed by atoms with Crippen molar-refractivity contribution in [3.05, 3.63) is 69.3 Å². The minimum absolute atomic E-state index is 1.01. The van der Waals surface area contributed by atoms with Crippen LogP contribution in [0.5, 0.6) is 0 Å². The lowest BCUT2D eigenvalue weighted by atomic mass is 9.86. The zero-order chi connectivity index (χ0) is 16.5. The van der Waals surface area contributed by atoms with Crippen molar-refractivity contribution in [2.45, 2.75) is 59.8 Å². The van der Waals surface area contributed by atoms with Gasteiger partial charge >= 0.3 is 0 Å². The van der Waals surface area contributed by atoms with Gasteiger partial charge in [0, 0.05) is 0 Å². The molecule has 0 atom stereocenters. The van der Waals surface area contributed by atoms with E-state index >= 15 is 0 Å². The second-order valence-electron chi connectivity index (χ2n) is 5.86. The third-order valence-electron chi connectivity index (χ3n) is 4.04. The molecule has 0 unspecified atom stereocenters. The highest BCUT2D eigenvalue weighted by molar-refractivity contribution is 9.11. The first-order valence-corrected chi connectivity index (χ1v) is 9.04. The molecule has 0 amide bonds. The Hall–Kier alpha value is -1.08. The lowest BCUT2D eigenvalue weighted by molar-refractivity contribution is 0.904. The van der Waals surface area contributed by atoms with Crippen molar-refractivity contribution in [2.75, 3.05) is 0 Å². The van der Waals surface area contributed by atoms with E-state index in [1.54, 1.807) is 0 Å². The highest BCUT2D eigenvalue weighted by atomic mass is 79.9. The van der Waals surface area contributed by atoms with Crippen LogP contribution >= 0.6 is 15.9 Å². The molecule has 0 aromatic heterocycles. The summed E-state index contributed by atoms with van der Waals surface area (Å²) in [7, 11) is 0. The van der Waals surface area contributed by atoms with E-state index in [1.165, 1.54) is 27.9 Å². The zero-order valence-corrected chi connectivity index (χ0v) is 16.1. The summed E-state index contributed by atoms with van der Waals surface area (Å²) in [6, 6.07) is 0. The molecule has 0 heterocycles. The van der Waals surface area contributed by atoms with Gasteiger partial charge in [0.1, 0.15) is 0 Å². The Morgan fingerprint density at radius 3 is 2.41 bits per heavy atom. The van der Waals surface area contributed by atoms with E-state index in [0.717, 1.165) is 36.6 Å². The zero-order valence-electron chi connectivity index (χ0n) is 14.5. The highest BCUT2D eigenvalue weighted by Crippen LogP contribution is 2.32. The molecule has 1 aliphatic rings. The molecule has 120 valence electrons. The summed E-state index contributed by atoms with van der Waals surface area (Å²) in [5.74, 6) is 0. The van der Waals surface area contributed by atoms with Crippen LogP contribution in [0.25, 0.3) is 0 Å². The molecule has 1 aliphatic carbocycles. The van der Waals surface area contributed by atoms with Crippen LogP contribution in [0.3, 0.4) is 0 Å². The number of hydrogen-bond acceptors (Lipinski definition) is 0. The van der Waals surface area contributed by atoms with Gasteiger partial charge in [0.05, 0.1) is 0 Å². The lowest BCUT2D eigenvalue weighted by Gasteiger charge is -2.19. The molecule has 0 bridgehead atoms. The van der Waals surface area contributed by atoms with Crippen LogP contribution in [0.15, 0.2) is 69.3 Å². The second-order valence-corrected chi connectivity index (χ2v) is 7.11. The van der Waals surface area contributed by atoms with Crippen molar-refractivity contribution in [3.8, 4) is 0 Å². The fourth-order valence-electron chi connectivity index (χ4n) is 2.77. The Morgan fingerprint density at radius 2 is 1.95 bits per heavy atom. The van der Waals surface area contributed by atoms with Gasteiger partial charge in [0.15, 0.2) is 0 Å². The van der Waals surface area contributed by atoms with Crippen molar-refractivity contribution in [1.82, 2.24) is 0 Å². The van der Waals surface area contributed by atoms with E-state index in [0.29, 0.717) is 0 Å². The summed E-state index contributed by atoms with van der Waals surface area (Å²) in [6.07, 6.45) is 16.6. The number of rotatable bonds is 7. The van der Waals surface area contributed by atoms with Gasteiger partial charge in [-0.2, -0.15) is 0 Å². The first-order valence-electron chi connectivity index (χ1n) is 8.25. The Bertz CT molecular complexity index is 546. The molecule has 1 rings (SSSR count). The molecular weight excluding hydrogens is 332 g/mol. The van der Waals surface area contributed by atoms with Crippen molar-refractivity contribution >= 4 is 15.9 Å². The maximum absolute atomic E-state index is 4.25. The summed E-state index contributed by atoms with van der Waals surface area (Å²) in [6.45, 7) is 12.9. The van der Waals surface area contributed by atoms with E-state index in [1.807, 2.05) is 0 Å². The van der Waals surface area contributed by atoms with Gasteiger partial charge in [-0.15, -0.1) is 0 Å². The van der Waals surface area contributed by atoms with Gasteiger partial charge in [-0.05, 0) is 67.2 Å². The third-order valence-corrected chi connectivity index (χ3v) is 4.31. The highest BCUT2D eigenvalue weighted by Gasteiger charge is 2.13. The maximum atomic E-state index is 4.25. The van der Waals surface area contributed by atoms with E-state index in [2.05, 4.69) is 80.6 Å². The van der Waals surface area contributed by atoms with Crippen LogP contribution in [0, 0.1) is 0 Å². The average Bonchev–Trinajstić information content (AvgIpc) is 2.51. The minimum atomic E-state index is 1.01. The molecule has 0 aromatic carbocycles. The monoisotopic (exact) mass is 360 g/mol. The van der Waals surface area contributed by atoms with Crippen LogP contribution in [0.4, 0.5) is 0 Å². The van der Waals surface area contributed by atoms with Crippen LogP contribution in [0.1, 0.15) is 59.8 Å². The molecule has 0 spiro atoms. The molecule has 0 radical (unpaired) electrons. The third kappa shape index (κ3) is 5.96. The predicted octanol–water partition coefficient (Wildman–Crippen LogP) is 7.57. The fourth-order valence-corrected chi connectivity index (χ4v) is 2.90. The maximum Gasteiger partial charge on any atom is -0.00588 e. The minimum Gasteiger partial charge on any atom is -0.0958 e. The smallest absolute Gasteiger partial charge is 0.00588 e. The quantitative estimate of drug-likeness (QED) is 0.410. The Kier molecular flexibility index (Phi) is 8.48. The summed E-state index contributed by atoms with van der Waals surface area (Å²) in [4.78, 5) is 0. The van der Waals surface area contributed by atoms with Gasteiger partial charge in [-0.1, -0.05) is 77.9 Å². The van der Waals surface area contributed by atoms with Crippen molar-refractivity contribution in [2.24, 2.45) is 0 Å². The summed E-state index contributed by atoms with van der Waals surface area (Å²) in [5.41, 5.74) is 7.07. The molecule has 0 saturated heterocycles. The van der Waals surface area contributed by atoms with E-state index < -0.39 is 0 Å². The van der Waals surface area contributed by atoms with Crippen molar-refractivity contribution in [3.63, 3.8) is 0 Å². The van der Waals surface area contributed by atoms with Crippen molar-refractivity contribution in [1.29, 1.82) is 0 Å². The van der Waals surface area contributed by atoms with Gasteiger partial charge in [0.2, 0.25) is 0 Å². The SMILES string of the molecule is C=C(C)/C(C/C(=C/C=C(\C)Br)CC)=C(/CC)C1=CC=CCC1. The normalized spacial score (nSPS) is 17.2. The molecule has 0 N–H and O–H groups in total. The van der Waals surface area contributed by atoms with Gasteiger partial charge in [-0.3, -0.25) is 0 Å². The number of halogens is 1. The van der Waals surface area contributed by atoms with Crippen LogP contribution < -0.4 is 0 Å². The first-order chi connectivity index (χ1) is 10.5.